The number of thiophene rings is 1. The van der Waals surface area contributed by atoms with Gasteiger partial charge in [-0.2, -0.15) is 0 Å². The van der Waals surface area contributed by atoms with Crippen LogP contribution in [0, 0.1) is 0 Å². The van der Waals surface area contributed by atoms with Gasteiger partial charge < -0.3 is 10.2 Å². The predicted molar refractivity (Wildman–Crippen MR) is 112 cm³/mol. The van der Waals surface area contributed by atoms with Crippen LogP contribution in [0.1, 0.15) is 25.6 Å². The van der Waals surface area contributed by atoms with E-state index in [9.17, 15) is 18.0 Å². The fraction of sp³-hybridized carbons (Fsp3) is 0.100. The lowest BCUT2D eigenvalue weighted by Gasteiger charge is -2.19. The highest BCUT2D eigenvalue weighted by atomic mass is 32.2. The Morgan fingerprint density at radius 2 is 1.83 bits per heavy atom. The number of hydrogen-bond donors (Lipinski definition) is 2. The van der Waals surface area contributed by atoms with Gasteiger partial charge in [0, 0.05) is 24.8 Å². The summed E-state index contributed by atoms with van der Waals surface area (Å²) in [6, 6.07) is 16.3. The van der Waals surface area contributed by atoms with Crippen molar-refractivity contribution < 1.29 is 18.0 Å². The topological polar surface area (TPSA) is 110 Å². The second-order valence-electron chi connectivity index (χ2n) is 6.33. The van der Waals surface area contributed by atoms with Crippen LogP contribution in [0.5, 0.6) is 0 Å². The minimum absolute atomic E-state index is 0.0170. The Labute approximate surface area is 172 Å². The van der Waals surface area contributed by atoms with Crippen molar-refractivity contribution in [3.8, 4) is 0 Å². The highest BCUT2D eigenvalue weighted by Crippen LogP contribution is 2.19. The summed E-state index contributed by atoms with van der Waals surface area (Å²) >= 11 is 1.32. The summed E-state index contributed by atoms with van der Waals surface area (Å²) in [7, 11) is -2.33. The number of amides is 2. The first-order chi connectivity index (χ1) is 13.8. The zero-order valence-corrected chi connectivity index (χ0v) is 17.2. The van der Waals surface area contributed by atoms with Gasteiger partial charge in [-0.05, 0) is 41.3 Å². The molecule has 0 fully saturated rings. The zero-order valence-electron chi connectivity index (χ0n) is 15.5. The fourth-order valence-electron chi connectivity index (χ4n) is 2.79. The highest BCUT2D eigenvalue weighted by Gasteiger charge is 2.18. The maximum atomic E-state index is 12.8. The van der Waals surface area contributed by atoms with Gasteiger partial charge in [-0.15, -0.1) is 11.3 Å². The Hall–Kier alpha value is -3.01. The van der Waals surface area contributed by atoms with Crippen molar-refractivity contribution in [1.29, 1.82) is 0 Å². The molecule has 3 aromatic rings. The molecule has 0 unspecified atom stereocenters. The van der Waals surface area contributed by atoms with Crippen molar-refractivity contribution in [2.24, 2.45) is 5.14 Å². The van der Waals surface area contributed by atoms with Gasteiger partial charge in [0.15, 0.2) is 0 Å². The molecular formula is C20H19N3O4S2. The van der Waals surface area contributed by atoms with E-state index in [-0.39, 0.29) is 23.3 Å². The summed E-state index contributed by atoms with van der Waals surface area (Å²) in [5.74, 6) is -0.568. The van der Waals surface area contributed by atoms with E-state index in [1.54, 1.807) is 61.6 Å². The third-order valence-electron chi connectivity index (χ3n) is 4.15. The number of hydrogen-bond acceptors (Lipinski definition) is 5. The van der Waals surface area contributed by atoms with E-state index in [0.717, 1.165) is 0 Å². The minimum Gasteiger partial charge on any atom is -0.337 e. The summed E-state index contributed by atoms with van der Waals surface area (Å²) in [5, 5.41) is 9.83. The first-order valence-corrected chi connectivity index (χ1v) is 11.0. The van der Waals surface area contributed by atoms with Crippen molar-refractivity contribution in [2.45, 2.75) is 11.4 Å². The molecule has 0 aliphatic carbocycles. The molecule has 0 bridgehead atoms. The lowest BCUT2D eigenvalue weighted by atomic mass is 10.1. The molecule has 1 heterocycles. The monoisotopic (exact) mass is 429 g/mol. The standard InChI is InChI=1S/C20H19N3O4S2/c1-23(13-15-6-2-3-10-18(15)29(21,26)27)20(25)14-7-4-8-16(12-14)22-19(24)17-9-5-11-28-17/h2-12H,13H2,1H3,(H,22,24)(H2,21,26,27). The van der Waals surface area contributed by atoms with Crippen LogP contribution in [0.25, 0.3) is 0 Å². The highest BCUT2D eigenvalue weighted by molar-refractivity contribution is 7.89. The van der Waals surface area contributed by atoms with E-state index >= 15 is 0 Å². The van der Waals surface area contributed by atoms with E-state index in [2.05, 4.69) is 5.32 Å². The Bertz CT molecular complexity index is 1140. The minimum atomic E-state index is -3.90. The van der Waals surface area contributed by atoms with Gasteiger partial charge in [0.1, 0.15) is 0 Å². The van der Waals surface area contributed by atoms with Crippen LogP contribution in [0.2, 0.25) is 0 Å². The van der Waals surface area contributed by atoms with Crippen molar-refractivity contribution in [3.05, 3.63) is 82.0 Å². The van der Waals surface area contributed by atoms with E-state index < -0.39 is 10.0 Å². The normalized spacial score (nSPS) is 11.1. The van der Waals surface area contributed by atoms with Crippen LogP contribution in [0.4, 0.5) is 5.69 Å². The molecule has 9 heteroatoms. The Balaban J connectivity index is 1.76. The van der Waals surface area contributed by atoms with Gasteiger partial charge in [-0.25, -0.2) is 13.6 Å². The molecule has 0 saturated carbocycles. The molecule has 0 aliphatic rings. The quantitative estimate of drug-likeness (QED) is 0.628. The van der Waals surface area contributed by atoms with Gasteiger partial charge in [0.2, 0.25) is 10.0 Å². The zero-order chi connectivity index (χ0) is 21.0. The van der Waals surface area contributed by atoms with Gasteiger partial charge in [-0.3, -0.25) is 9.59 Å². The van der Waals surface area contributed by atoms with Gasteiger partial charge in [0.25, 0.3) is 11.8 Å². The lowest BCUT2D eigenvalue weighted by Crippen LogP contribution is -2.27. The molecule has 0 atom stereocenters. The molecule has 0 saturated heterocycles. The van der Waals surface area contributed by atoms with Crippen LogP contribution in [0.15, 0.2) is 70.9 Å². The molecule has 2 amide bonds. The fourth-order valence-corrected chi connectivity index (χ4v) is 4.18. The molecule has 7 nitrogen and oxygen atoms in total. The number of anilines is 1. The van der Waals surface area contributed by atoms with Crippen molar-refractivity contribution in [1.82, 2.24) is 4.90 Å². The van der Waals surface area contributed by atoms with E-state index in [1.165, 1.54) is 22.3 Å². The first-order valence-electron chi connectivity index (χ1n) is 8.57. The third-order valence-corrected chi connectivity index (χ3v) is 6.03. The molecule has 3 N–H and O–H groups in total. The summed E-state index contributed by atoms with van der Waals surface area (Å²) < 4.78 is 23.5. The average Bonchev–Trinajstić information content (AvgIpc) is 3.22. The summed E-state index contributed by atoms with van der Waals surface area (Å²) in [4.78, 5) is 27.0. The summed E-state index contributed by atoms with van der Waals surface area (Å²) in [6.45, 7) is 0.0667. The summed E-state index contributed by atoms with van der Waals surface area (Å²) in [6.07, 6.45) is 0. The molecular weight excluding hydrogens is 410 g/mol. The second kappa shape index (κ2) is 8.56. The lowest BCUT2D eigenvalue weighted by molar-refractivity contribution is 0.0783. The number of nitrogens with two attached hydrogens (primary N) is 1. The number of nitrogens with one attached hydrogen (secondary N) is 1. The Morgan fingerprint density at radius 3 is 2.52 bits per heavy atom. The SMILES string of the molecule is CN(Cc1ccccc1S(N)(=O)=O)C(=O)c1cccc(NC(=O)c2cccs2)c1. The molecule has 29 heavy (non-hydrogen) atoms. The van der Waals surface area contributed by atoms with Gasteiger partial charge >= 0.3 is 0 Å². The molecule has 1 aromatic heterocycles. The average molecular weight is 430 g/mol. The van der Waals surface area contributed by atoms with Crippen LogP contribution < -0.4 is 10.5 Å². The van der Waals surface area contributed by atoms with E-state index in [1.807, 2.05) is 5.38 Å². The Kier molecular flexibility index (Phi) is 6.12. The first kappa shape index (κ1) is 20.7. The van der Waals surface area contributed by atoms with Crippen LogP contribution >= 0.6 is 11.3 Å². The number of rotatable bonds is 6. The maximum Gasteiger partial charge on any atom is 0.265 e. The number of carbonyl (C=O) groups is 2. The largest absolute Gasteiger partial charge is 0.337 e. The van der Waals surface area contributed by atoms with E-state index in [0.29, 0.717) is 21.7 Å². The van der Waals surface area contributed by atoms with E-state index in [4.69, 9.17) is 5.14 Å². The van der Waals surface area contributed by atoms with Crippen LogP contribution in [-0.2, 0) is 16.6 Å². The second-order valence-corrected chi connectivity index (χ2v) is 8.80. The maximum absolute atomic E-state index is 12.8. The molecule has 0 radical (unpaired) electrons. The van der Waals surface area contributed by atoms with Crippen molar-refractivity contribution in [3.63, 3.8) is 0 Å². The third kappa shape index (κ3) is 5.08. The number of nitrogens with zero attached hydrogens (tertiary/aromatic N) is 1. The molecule has 150 valence electrons. The number of sulfonamides is 1. The predicted octanol–water partition coefficient (Wildman–Crippen LogP) is 2.92. The molecule has 0 spiro atoms. The number of carbonyl (C=O) groups excluding carboxylic acids is 2. The Morgan fingerprint density at radius 1 is 1.07 bits per heavy atom. The smallest absolute Gasteiger partial charge is 0.265 e. The van der Waals surface area contributed by atoms with Crippen molar-refractivity contribution in [2.75, 3.05) is 12.4 Å². The van der Waals surface area contributed by atoms with Crippen LogP contribution in [0.3, 0.4) is 0 Å². The van der Waals surface area contributed by atoms with Crippen LogP contribution in [-0.4, -0.2) is 32.2 Å². The molecule has 2 aromatic carbocycles. The number of primary sulfonamides is 1. The summed E-state index contributed by atoms with van der Waals surface area (Å²) in [5.41, 5.74) is 1.28. The molecule has 0 aliphatic heterocycles. The number of benzene rings is 2. The van der Waals surface area contributed by atoms with Gasteiger partial charge in [0.05, 0.1) is 9.77 Å². The molecule has 3 rings (SSSR count). The van der Waals surface area contributed by atoms with Crippen molar-refractivity contribution >= 4 is 38.9 Å². The van der Waals surface area contributed by atoms with Gasteiger partial charge in [-0.1, -0.05) is 30.3 Å².